The monoisotopic (exact) mass is 229 g/mol. The van der Waals surface area contributed by atoms with Gasteiger partial charge >= 0.3 is 0 Å². The van der Waals surface area contributed by atoms with E-state index in [1.807, 2.05) is 42.0 Å². The van der Waals surface area contributed by atoms with E-state index >= 15 is 0 Å². The lowest BCUT2D eigenvalue weighted by Crippen LogP contribution is -1.96. The zero-order chi connectivity index (χ0) is 11.5. The van der Waals surface area contributed by atoms with Crippen LogP contribution in [0.4, 0.5) is 0 Å². The number of hydrogen-bond acceptors (Lipinski definition) is 2. The Bertz CT molecular complexity index is 584. The number of imidazole rings is 1. The Kier molecular flexibility index (Phi) is 2.88. The molecule has 0 spiro atoms. The minimum Gasteiger partial charge on any atom is -0.337 e. The molecule has 2 rings (SSSR count). The number of aryl methyl sites for hydroxylation is 1. The third-order valence-corrected chi connectivity index (χ3v) is 2.74. The predicted molar refractivity (Wildman–Crippen MR) is 65.0 cm³/mol. The molecule has 3 nitrogen and oxygen atoms in total. The minimum atomic E-state index is 0.442. The Hall–Kier alpha value is -1.86. The van der Waals surface area contributed by atoms with Gasteiger partial charge in [-0.25, -0.2) is 0 Å². The van der Waals surface area contributed by atoms with E-state index in [9.17, 15) is 0 Å². The van der Waals surface area contributed by atoms with Gasteiger partial charge in [0.1, 0.15) is 0 Å². The number of nitriles is 1. The average molecular weight is 229 g/mol. The zero-order valence-electron chi connectivity index (χ0n) is 8.90. The number of aromatic nitrogens is 2. The second kappa shape index (κ2) is 4.33. The van der Waals surface area contributed by atoms with Crippen LogP contribution in [0, 0.1) is 23.0 Å². The van der Waals surface area contributed by atoms with Crippen molar-refractivity contribution < 1.29 is 0 Å². The molecule has 0 bridgehead atoms. The molecule has 1 aromatic carbocycles. The van der Waals surface area contributed by atoms with Crippen molar-refractivity contribution in [2.45, 2.75) is 13.3 Å². The summed E-state index contributed by atoms with van der Waals surface area (Å²) in [5.41, 5.74) is 3.11. The van der Waals surface area contributed by atoms with Crippen LogP contribution in [0.25, 0.3) is 5.69 Å². The van der Waals surface area contributed by atoms with Gasteiger partial charge < -0.3 is 4.98 Å². The highest BCUT2D eigenvalue weighted by atomic mass is 32.1. The lowest BCUT2D eigenvalue weighted by molar-refractivity contribution is 0.983. The highest BCUT2D eigenvalue weighted by Gasteiger charge is 2.01. The van der Waals surface area contributed by atoms with Crippen LogP contribution >= 0.6 is 12.2 Å². The second-order valence-corrected chi connectivity index (χ2v) is 3.96. The maximum absolute atomic E-state index is 8.58. The summed E-state index contributed by atoms with van der Waals surface area (Å²) < 4.78 is 2.65. The molecule has 0 saturated heterocycles. The summed E-state index contributed by atoms with van der Waals surface area (Å²) in [5, 5.41) is 8.58. The van der Waals surface area contributed by atoms with E-state index in [0.29, 0.717) is 11.2 Å². The Morgan fingerprint density at radius 3 is 2.56 bits per heavy atom. The standard InChI is InChI=1S/C12H11N3S/c1-9-8-14-12(16)15(9)11-4-2-10(3-5-11)6-7-13/h2-5,8H,6H2,1H3,(H,14,16). The van der Waals surface area contributed by atoms with E-state index in [0.717, 1.165) is 16.9 Å². The van der Waals surface area contributed by atoms with Crippen molar-refractivity contribution in [2.24, 2.45) is 0 Å². The maximum Gasteiger partial charge on any atom is 0.182 e. The van der Waals surface area contributed by atoms with Gasteiger partial charge in [-0.05, 0) is 36.8 Å². The third-order valence-electron chi connectivity index (χ3n) is 2.44. The van der Waals surface area contributed by atoms with Crippen LogP contribution in [-0.4, -0.2) is 9.55 Å². The largest absolute Gasteiger partial charge is 0.337 e. The summed E-state index contributed by atoms with van der Waals surface area (Å²) >= 11 is 5.19. The maximum atomic E-state index is 8.58. The van der Waals surface area contributed by atoms with E-state index in [1.165, 1.54) is 0 Å². The van der Waals surface area contributed by atoms with E-state index < -0.39 is 0 Å². The Morgan fingerprint density at radius 1 is 1.38 bits per heavy atom. The summed E-state index contributed by atoms with van der Waals surface area (Å²) in [7, 11) is 0. The van der Waals surface area contributed by atoms with Gasteiger partial charge in [0.25, 0.3) is 0 Å². The second-order valence-electron chi connectivity index (χ2n) is 3.57. The first-order chi connectivity index (χ1) is 7.72. The fourth-order valence-electron chi connectivity index (χ4n) is 1.63. The van der Waals surface area contributed by atoms with Crippen LogP contribution < -0.4 is 0 Å². The summed E-state index contributed by atoms with van der Waals surface area (Å²) in [5.74, 6) is 0. The first-order valence-corrected chi connectivity index (χ1v) is 5.36. The van der Waals surface area contributed by atoms with Crippen molar-refractivity contribution in [3.8, 4) is 11.8 Å². The predicted octanol–water partition coefficient (Wildman–Crippen LogP) is 2.91. The Labute approximate surface area is 99.0 Å². The number of aromatic amines is 1. The molecule has 0 radical (unpaired) electrons. The van der Waals surface area contributed by atoms with Gasteiger partial charge in [-0.3, -0.25) is 4.57 Å². The number of nitrogens with zero attached hydrogens (tertiary/aromatic N) is 2. The molecule has 0 aliphatic carbocycles. The van der Waals surface area contributed by atoms with Gasteiger partial charge in [-0.15, -0.1) is 0 Å². The van der Waals surface area contributed by atoms with E-state index in [1.54, 1.807) is 0 Å². The van der Waals surface area contributed by atoms with Gasteiger partial charge in [0.05, 0.1) is 12.5 Å². The molecule has 80 valence electrons. The molecule has 0 unspecified atom stereocenters. The number of hydrogen-bond donors (Lipinski definition) is 1. The van der Waals surface area contributed by atoms with Crippen LogP contribution in [-0.2, 0) is 6.42 Å². The first-order valence-electron chi connectivity index (χ1n) is 4.95. The molecule has 0 atom stereocenters. The highest BCUT2D eigenvalue weighted by Crippen LogP contribution is 2.13. The van der Waals surface area contributed by atoms with Gasteiger partial charge in [0.15, 0.2) is 4.77 Å². The summed E-state index contributed by atoms with van der Waals surface area (Å²) in [4.78, 5) is 3.00. The quantitative estimate of drug-likeness (QED) is 0.805. The van der Waals surface area contributed by atoms with Crippen molar-refractivity contribution in [3.63, 3.8) is 0 Å². The molecule has 2 aromatic rings. The lowest BCUT2D eigenvalue weighted by atomic mass is 10.1. The SMILES string of the molecule is Cc1c[nH]c(=S)n1-c1ccc(CC#N)cc1. The van der Waals surface area contributed by atoms with Gasteiger partial charge in [-0.2, -0.15) is 5.26 Å². The summed E-state index contributed by atoms with van der Waals surface area (Å²) in [6.07, 6.45) is 2.32. The molecule has 0 aliphatic heterocycles. The first kappa shape index (κ1) is 10.7. The van der Waals surface area contributed by atoms with Crippen LogP contribution in [0.5, 0.6) is 0 Å². The molecule has 1 N–H and O–H groups in total. The molecule has 4 heteroatoms. The van der Waals surface area contributed by atoms with Crippen molar-refractivity contribution in [1.29, 1.82) is 5.26 Å². The molecule has 16 heavy (non-hydrogen) atoms. The minimum absolute atomic E-state index is 0.442. The van der Waals surface area contributed by atoms with Crippen LogP contribution in [0.15, 0.2) is 30.5 Å². The number of benzene rings is 1. The van der Waals surface area contributed by atoms with Crippen LogP contribution in [0.3, 0.4) is 0 Å². The highest BCUT2D eigenvalue weighted by molar-refractivity contribution is 7.71. The molecular formula is C12H11N3S. The van der Waals surface area contributed by atoms with Gasteiger partial charge in [-0.1, -0.05) is 12.1 Å². The molecule has 0 saturated carbocycles. The smallest absolute Gasteiger partial charge is 0.182 e. The molecule has 0 fully saturated rings. The number of rotatable bonds is 2. The van der Waals surface area contributed by atoms with E-state index in [2.05, 4.69) is 11.1 Å². The number of H-pyrrole nitrogens is 1. The van der Waals surface area contributed by atoms with Gasteiger partial charge in [0.2, 0.25) is 0 Å². The topological polar surface area (TPSA) is 44.5 Å². The molecular weight excluding hydrogens is 218 g/mol. The molecule has 1 heterocycles. The van der Waals surface area contributed by atoms with Crippen molar-refractivity contribution >= 4 is 12.2 Å². The van der Waals surface area contributed by atoms with Crippen LogP contribution in [0.1, 0.15) is 11.3 Å². The third kappa shape index (κ3) is 1.90. The fourth-order valence-corrected chi connectivity index (χ4v) is 1.94. The van der Waals surface area contributed by atoms with Gasteiger partial charge in [0, 0.05) is 17.6 Å². The van der Waals surface area contributed by atoms with E-state index in [-0.39, 0.29) is 0 Å². The fraction of sp³-hybridized carbons (Fsp3) is 0.167. The lowest BCUT2D eigenvalue weighted by Gasteiger charge is -2.05. The Morgan fingerprint density at radius 2 is 2.06 bits per heavy atom. The molecule has 0 aliphatic rings. The number of nitrogens with one attached hydrogen (secondary N) is 1. The van der Waals surface area contributed by atoms with Crippen molar-refractivity contribution in [2.75, 3.05) is 0 Å². The summed E-state index contributed by atoms with van der Waals surface area (Å²) in [6.45, 7) is 2.00. The summed E-state index contributed by atoms with van der Waals surface area (Å²) in [6, 6.07) is 9.98. The van der Waals surface area contributed by atoms with Crippen molar-refractivity contribution in [1.82, 2.24) is 9.55 Å². The molecule has 1 aromatic heterocycles. The van der Waals surface area contributed by atoms with Crippen LogP contribution in [0.2, 0.25) is 0 Å². The van der Waals surface area contributed by atoms with Crippen molar-refractivity contribution in [3.05, 3.63) is 46.5 Å². The average Bonchev–Trinajstić information content (AvgIpc) is 2.61. The van der Waals surface area contributed by atoms with E-state index in [4.69, 9.17) is 17.5 Å². The zero-order valence-corrected chi connectivity index (χ0v) is 9.71. The Balaban J connectivity index is 2.43. The normalized spacial score (nSPS) is 10.0. The molecule has 0 amide bonds.